The molecule has 0 aromatic heterocycles. The summed E-state index contributed by atoms with van der Waals surface area (Å²) in [6.45, 7) is 7.51. The van der Waals surface area contributed by atoms with Gasteiger partial charge in [-0.25, -0.2) is 0 Å². The monoisotopic (exact) mass is 412 g/mol. The maximum absolute atomic E-state index is 10.9. The van der Waals surface area contributed by atoms with Crippen molar-refractivity contribution in [2.75, 3.05) is 13.2 Å². The molecule has 0 aliphatic heterocycles. The highest BCUT2D eigenvalue weighted by atomic mass is 32.9. The van der Waals surface area contributed by atoms with E-state index in [2.05, 4.69) is 13.8 Å². The number of carboxylic acid groups (broad SMARTS) is 1. The fourth-order valence-electron chi connectivity index (χ4n) is 2.37. The Bertz CT molecular complexity index is 360. The second kappa shape index (κ2) is 16.6. The SMILES string of the molecule is CCCCCCCOP(=S)(OCCCCCCC)SC(C)CC(=O)O. The van der Waals surface area contributed by atoms with Crippen LogP contribution in [0.3, 0.4) is 0 Å². The molecule has 7 heteroatoms. The molecule has 0 heterocycles. The van der Waals surface area contributed by atoms with Crippen LogP contribution in [0, 0.1) is 0 Å². The van der Waals surface area contributed by atoms with Crippen LogP contribution < -0.4 is 0 Å². The van der Waals surface area contributed by atoms with Crippen LogP contribution in [-0.2, 0) is 25.6 Å². The Balaban J connectivity index is 4.28. The number of rotatable bonds is 18. The van der Waals surface area contributed by atoms with Crippen LogP contribution >= 0.6 is 17.1 Å². The average Bonchev–Trinajstić information content (AvgIpc) is 2.53. The number of hydrogen-bond acceptors (Lipinski definition) is 5. The van der Waals surface area contributed by atoms with E-state index in [-0.39, 0.29) is 11.7 Å². The van der Waals surface area contributed by atoms with Crippen LogP contribution in [0.15, 0.2) is 0 Å². The Kier molecular flexibility index (Phi) is 16.8. The van der Waals surface area contributed by atoms with E-state index in [0.29, 0.717) is 13.2 Å². The fourth-order valence-corrected chi connectivity index (χ4v) is 8.05. The van der Waals surface area contributed by atoms with Crippen LogP contribution in [-0.4, -0.2) is 29.5 Å². The van der Waals surface area contributed by atoms with Gasteiger partial charge in [0, 0.05) is 5.25 Å². The van der Waals surface area contributed by atoms with Crippen molar-refractivity contribution in [1.29, 1.82) is 0 Å². The van der Waals surface area contributed by atoms with Crippen molar-refractivity contribution in [3.8, 4) is 0 Å². The third kappa shape index (κ3) is 16.3. The molecule has 1 atom stereocenters. The van der Waals surface area contributed by atoms with Gasteiger partial charge in [0.1, 0.15) is 0 Å². The summed E-state index contributed by atoms with van der Waals surface area (Å²) in [6.07, 6.45) is 11.8. The van der Waals surface area contributed by atoms with Gasteiger partial charge < -0.3 is 14.2 Å². The minimum absolute atomic E-state index is 0.0861. The largest absolute Gasteiger partial charge is 0.481 e. The Morgan fingerprint density at radius 1 is 0.960 bits per heavy atom. The molecule has 0 amide bonds. The molecule has 0 aliphatic rings. The summed E-state index contributed by atoms with van der Waals surface area (Å²) in [5.74, 6) is -0.805. The zero-order chi connectivity index (χ0) is 19.0. The Morgan fingerprint density at radius 3 is 1.80 bits per heavy atom. The summed E-state index contributed by atoms with van der Waals surface area (Å²) in [6, 6.07) is 0. The lowest BCUT2D eigenvalue weighted by molar-refractivity contribution is -0.136. The van der Waals surface area contributed by atoms with Gasteiger partial charge in [-0.1, -0.05) is 83.5 Å². The van der Waals surface area contributed by atoms with Crippen LogP contribution in [0.4, 0.5) is 0 Å². The van der Waals surface area contributed by atoms with Crippen molar-refractivity contribution in [3.05, 3.63) is 0 Å². The Hall–Kier alpha value is 0.390. The zero-order valence-corrected chi connectivity index (χ0v) is 18.7. The molecule has 4 nitrogen and oxygen atoms in total. The minimum atomic E-state index is -2.46. The second-order valence-electron chi connectivity index (χ2n) is 6.46. The summed E-state index contributed by atoms with van der Waals surface area (Å²) in [7, 11) is 0. The first-order chi connectivity index (χ1) is 11.9. The van der Waals surface area contributed by atoms with Gasteiger partial charge in [0.15, 0.2) is 0 Å². The maximum Gasteiger partial charge on any atom is 0.304 e. The molecule has 25 heavy (non-hydrogen) atoms. The number of hydrogen-bond donors (Lipinski definition) is 1. The summed E-state index contributed by atoms with van der Waals surface area (Å²) in [4.78, 5) is 10.9. The van der Waals surface area contributed by atoms with E-state index in [4.69, 9.17) is 26.0 Å². The predicted molar refractivity (Wildman–Crippen MR) is 113 cm³/mol. The molecular weight excluding hydrogens is 375 g/mol. The normalized spacial score (nSPS) is 13.1. The van der Waals surface area contributed by atoms with Crippen molar-refractivity contribution in [1.82, 2.24) is 0 Å². The van der Waals surface area contributed by atoms with E-state index in [1.807, 2.05) is 6.92 Å². The van der Waals surface area contributed by atoms with E-state index in [0.717, 1.165) is 25.7 Å². The van der Waals surface area contributed by atoms with E-state index >= 15 is 0 Å². The summed E-state index contributed by atoms with van der Waals surface area (Å²) < 4.78 is 11.9. The maximum atomic E-state index is 10.9. The molecule has 0 aliphatic carbocycles. The molecule has 1 N–H and O–H groups in total. The highest BCUT2D eigenvalue weighted by Gasteiger charge is 2.24. The van der Waals surface area contributed by atoms with Gasteiger partial charge in [0.05, 0.1) is 19.6 Å². The fraction of sp³-hybridized carbons (Fsp3) is 0.944. The first-order valence-electron chi connectivity index (χ1n) is 9.72. The smallest absolute Gasteiger partial charge is 0.304 e. The van der Waals surface area contributed by atoms with Crippen molar-refractivity contribution < 1.29 is 18.9 Å². The van der Waals surface area contributed by atoms with Crippen LogP contribution in [0.25, 0.3) is 0 Å². The lowest BCUT2D eigenvalue weighted by Gasteiger charge is -2.24. The molecule has 0 radical (unpaired) electrons. The van der Waals surface area contributed by atoms with Gasteiger partial charge >= 0.3 is 5.97 Å². The predicted octanol–water partition coefficient (Wildman–Crippen LogP) is 6.78. The Labute approximate surface area is 163 Å². The number of aliphatic carboxylic acids is 1. The van der Waals surface area contributed by atoms with Crippen molar-refractivity contribution in [3.63, 3.8) is 0 Å². The van der Waals surface area contributed by atoms with Gasteiger partial charge in [-0.3, -0.25) is 4.79 Å². The molecule has 150 valence electrons. The van der Waals surface area contributed by atoms with Gasteiger partial charge in [0.25, 0.3) is 0 Å². The molecule has 0 aromatic carbocycles. The van der Waals surface area contributed by atoms with Crippen LogP contribution in [0.2, 0.25) is 0 Å². The first-order valence-corrected chi connectivity index (χ1v) is 13.8. The molecule has 1 unspecified atom stereocenters. The van der Waals surface area contributed by atoms with Gasteiger partial charge in [0.2, 0.25) is 5.69 Å². The molecule has 0 aromatic rings. The minimum Gasteiger partial charge on any atom is -0.481 e. The Morgan fingerprint density at radius 2 is 1.40 bits per heavy atom. The highest BCUT2D eigenvalue weighted by Crippen LogP contribution is 2.63. The molecule has 0 rings (SSSR count). The third-order valence-electron chi connectivity index (χ3n) is 3.77. The molecule has 0 bridgehead atoms. The van der Waals surface area contributed by atoms with E-state index in [1.54, 1.807) is 0 Å². The number of unbranched alkanes of at least 4 members (excludes halogenated alkanes) is 8. The lowest BCUT2D eigenvalue weighted by Crippen LogP contribution is -2.07. The van der Waals surface area contributed by atoms with Gasteiger partial charge in [-0.2, -0.15) is 0 Å². The molecule has 0 saturated heterocycles. The summed E-state index contributed by atoms with van der Waals surface area (Å²) in [5, 5.41) is 8.86. The quantitative estimate of drug-likeness (QED) is 0.198. The third-order valence-corrected chi connectivity index (χ3v) is 9.44. The van der Waals surface area contributed by atoms with Crippen LogP contribution in [0.5, 0.6) is 0 Å². The van der Waals surface area contributed by atoms with Crippen molar-refractivity contribution in [2.45, 2.75) is 96.7 Å². The first kappa shape index (κ1) is 25.4. The van der Waals surface area contributed by atoms with Crippen molar-refractivity contribution in [2.24, 2.45) is 0 Å². The topological polar surface area (TPSA) is 55.8 Å². The van der Waals surface area contributed by atoms with E-state index in [1.165, 1.54) is 49.9 Å². The second-order valence-corrected chi connectivity index (χ2v) is 13.1. The van der Waals surface area contributed by atoms with Gasteiger partial charge in [-0.15, -0.1) is 0 Å². The lowest BCUT2D eigenvalue weighted by atomic mass is 10.2. The average molecular weight is 413 g/mol. The standard InChI is InChI=1S/C18H37O4PS2/c1-4-6-8-10-12-14-21-23(24,25-17(3)16-18(19)20)22-15-13-11-9-7-5-2/h17H,4-16H2,1-3H3,(H,19,20). The summed E-state index contributed by atoms with van der Waals surface area (Å²) >= 11 is 7.08. The molecule has 0 saturated carbocycles. The van der Waals surface area contributed by atoms with Crippen LogP contribution in [0.1, 0.15) is 91.4 Å². The van der Waals surface area contributed by atoms with E-state index in [9.17, 15) is 4.79 Å². The molecule has 0 spiro atoms. The summed E-state index contributed by atoms with van der Waals surface area (Å²) in [5.41, 5.74) is -2.46. The molecular formula is C18H37O4PS2. The number of carbonyl (C=O) groups is 1. The van der Waals surface area contributed by atoms with Crippen molar-refractivity contribution >= 4 is 34.9 Å². The zero-order valence-electron chi connectivity index (χ0n) is 16.2. The van der Waals surface area contributed by atoms with E-state index < -0.39 is 11.7 Å². The number of carboxylic acids is 1. The van der Waals surface area contributed by atoms with Gasteiger partial charge in [-0.05, 0) is 24.6 Å². The molecule has 0 fully saturated rings. The highest BCUT2D eigenvalue weighted by molar-refractivity contribution is 8.68.